The molecule has 0 N–H and O–H groups in total. The van der Waals surface area contributed by atoms with Gasteiger partial charge < -0.3 is 9.47 Å². The molecule has 6 nitrogen and oxygen atoms in total. The molecule has 0 aliphatic carbocycles. The zero-order chi connectivity index (χ0) is 33.7. The van der Waals surface area contributed by atoms with E-state index in [9.17, 15) is 14.0 Å². The van der Waals surface area contributed by atoms with Crippen LogP contribution in [-0.4, -0.2) is 11.9 Å². The van der Waals surface area contributed by atoms with Gasteiger partial charge in [0.15, 0.2) is 0 Å². The summed E-state index contributed by atoms with van der Waals surface area (Å²) in [5.74, 6) is -0.432. The smallest absolute Gasteiger partial charge is 0.311 e. The van der Waals surface area contributed by atoms with E-state index in [2.05, 4.69) is 12.1 Å². The van der Waals surface area contributed by atoms with E-state index in [0.717, 1.165) is 60.4 Å². The zero-order valence-electron chi connectivity index (χ0n) is 26.6. The Morgan fingerprint density at radius 2 is 0.979 bits per heavy atom. The molecule has 48 heavy (non-hydrogen) atoms. The van der Waals surface area contributed by atoms with Crippen molar-refractivity contribution >= 4 is 22.7 Å². The molecule has 0 amide bonds. The van der Waals surface area contributed by atoms with Crippen molar-refractivity contribution in [2.24, 2.45) is 0 Å². The summed E-state index contributed by atoms with van der Waals surface area (Å²) in [5, 5.41) is 20.0. The summed E-state index contributed by atoms with van der Waals surface area (Å²) in [6.07, 6.45) is 6.88. The molecule has 0 aromatic heterocycles. The molecule has 0 unspecified atom stereocenters. The molecule has 0 bridgehead atoms. The first-order valence-corrected chi connectivity index (χ1v) is 16.2. The molecule has 0 aliphatic rings. The van der Waals surface area contributed by atoms with Crippen molar-refractivity contribution in [2.75, 3.05) is 0 Å². The number of ether oxygens (including phenoxy) is 2. The predicted octanol–water partition coefficient (Wildman–Crippen LogP) is 10.1. The molecule has 0 saturated heterocycles. The van der Waals surface area contributed by atoms with Crippen LogP contribution in [0.15, 0.2) is 103 Å². The van der Waals surface area contributed by atoms with E-state index in [4.69, 9.17) is 20.0 Å². The minimum absolute atomic E-state index is 0.170. The van der Waals surface area contributed by atoms with Crippen LogP contribution in [-0.2, 0) is 9.59 Å². The molecule has 240 valence electrons. The Morgan fingerprint density at radius 1 is 0.521 bits per heavy atom. The fourth-order valence-electron chi connectivity index (χ4n) is 5.51. The number of carbonyl (C=O) groups excluding carboxylic acids is 2. The van der Waals surface area contributed by atoms with Gasteiger partial charge in [0.1, 0.15) is 17.3 Å². The van der Waals surface area contributed by atoms with Gasteiger partial charge in [-0.3, -0.25) is 9.59 Å². The van der Waals surface area contributed by atoms with Gasteiger partial charge in [-0.2, -0.15) is 10.5 Å². The van der Waals surface area contributed by atoms with E-state index < -0.39 is 11.8 Å². The highest BCUT2D eigenvalue weighted by molar-refractivity contribution is 5.89. The van der Waals surface area contributed by atoms with Crippen LogP contribution >= 0.6 is 0 Å². The second-order valence-corrected chi connectivity index (χ2v) is 11.7. The molecule has 5 aromatic rings. The maximum absolute atomic E-state index is 14.6. The van der Waals surface area contributed by atoms with Crippen molar-refractivity contribution < 1.29 is 23.5 Å². The zero-order valence-corrected chi connectivity index (χ0v) is 26.6. The molecule has 5 aromatic carbocycles. The molecule has 0 heterocycles. The lowest BCUT2D eigenvalue weighted by Crippen LogP contribution is -2.08. The van der Waals surface area contributed by atoms with Crippen LogP contribution in [0.4, 0.5) is 4.39 Å². The Hall–Kier alpha value is -5.79. The number of carbonyl (C=O) groups is 2. The number of nitrogens with zero attached hydrogens (tertiary/aromatic N) is 2. The molecular weight excluding hydrogens is 603 g/mol. The van der Waals surface area contributed by atoms with Crippen molar-refractivity contribution in [3.63, 3.8) is 0 Å². The highest BCUT2D eigenvalue weighted by Crippen LogP contribution is 2.29. The fourth-order valence-corrected chi connectivity index (χ4v) is 5.51. The molecule has 0 saturated carbocycles. The Bertz CT molecular complexity index is 1970. The Morgan fingerprint density at radius 3 is 1.54 bits per heavy atom. The standard InChI is InChI=1S/C41H35FN2O4/c42-39-26-37(22-23-38(39)32-16-12-30(28-44)13-17-32)48-41(46)9-7-5-3-1-2-4-6-8-40(45)47-36-21-20-34-24-33(18-19-35(34)25-36)31-14-10-29(27-43)11-15-31/h10-26H,1-9H2. The largest absolute Gasteiger partial charge is 0.427 e. The maximum atomic E-state index is 14.6. The van der Waals surface area contributed by atoms with Gasteiger partial charge >= 0.3 is 11.9 Å². The van der Waals surface area contributed by atoms with Crippen molar-refractivity contribution in [3.05, 3.63) is 120 Å². The molecule has 0 fully saturated rings. The van der Waals surface area contributed by atoms with Gasteiger partial charge in [0.2, 0.25) is 0 Å². The Balaban J connectivity index is 0.936. The summed E-state index contributed by atoms with van der Waals surface area (Å²) < 4.78 is 25.5. The van der Waals surface area contributed by atoms with Gasteiger partial charge in [-0.1, -0.05) is 74.6 Å². The van der Waals surface area contributed by atoms with Crippen LogP contribution in [0.3, 0.4) is 0 Å². The second kappa shape index (κ2) is 16.7. The van der Waals surface area contributed by atoms with E-state index in [-0.39, 0.29) is 18.1 Å². The van der Waals surface area contributed by atoms with E-state index in [0.29, 0.717) is 40.8 Å². The second-order valence-electron chi connectivity index (χ2n) is 11.7. The number of nitriles is 2. The van der Waals surface area contributed by atoms with Crippen molar-refractivity contribution in [1.82, 2.24) is 0 Å². The van der Waals surface area contributed by atoms with Gasteiger partial charge in [-0.15, -0.1) is 0 Å². The lowest BCUT2D eigenvalue weighted by atomic mass is 10.0. The highest BCUT2D eigenvalue weighted by atomic mass is 19.1. The number of halogens is 1. The SMILES string of the molecule is N#Cc1ccc(-c2ccc3cc(OC(=O)CCCCCCCCCC(=O)Oc4ccc(-c5ccc(C#N)cc5)c(F)c4)ccc3c2)cc1. The van der Waals surface area contributed by atoms with Crippen LogP contribution in [0.2, 0.25) is 0 Å². The summed E-state index contributed by atoms with van der Waals surface area (Å²) in [6, 6.07) is 34.3. The topological polar surface area (TPSA) is 100 Å². The third-order valence-corrected chi connectivity index (χ3v) is 8.15. The van der Waals surface area contributed by atoms with Crippen LogP contribution in [0.25, 0.3) is 33.0 Å². The highest BCUT2D eigenvalue weighted by Gasteiger charge is 2.11. The molecule has 7 heteroatoms. The molecule has 0 radical (unpaired) electrons. The third kappa shape index (κ3) is 9.37. The average molecular weight is 639 g/mol. The van der Waals surface area contributed by atoms with Crippen molar-refractivity contribution in [1.29, 1.82) is 10.5 Å². The normalized spacial score (nSPS) is 10.6. The molecule has 5 rings (SSSR count). The van der Waals surface area contributed by atoms with Gasteiger partial charge in [0, 0.05) is 24.5 Å². The molecular formula is C41H35FN2O4. The minimum atomic E-state index is -0.497. The van der Waals surface area contributed by atoms with E-state index in [1.54, 1.807) is 48.5 Å². The Kier molecular flexibility index (Phi) is 11.7. The molecule has 0 spiro atoms. The summed E-state index contributed by atoms with van der Waals surface area (Å²) in [6.45, 7) is 0. The monoisotopic (exact) mass is 638 g/mol. The third-order valence-electron chi connectivity index (χ3n) is 8.15. The lowest BCUT2D eigenvalue weighted by Gasteiger charge is -2.08. The number of hydrogen-bond donors (Lipinski definition) is 0. The van der Waals surface area contributed by atoms with Crippen LogP contribution in [0.5, 0.6) is 11.5 Å². The quantitative estimate of drug-likeness (QED) is 0.0682. The Labute approximate surface area is 280 Å². The van der Waals surface area contributed by atoms with Crippen molar-refractivity contribution in [2.45, 2.75) is 57.8 Å². The fraction of sp³-hybridized carbons (Fsp3) is 0.220. The summed E-state index contributed by atoms with van der Waals surface area (Å²) in [7, 11) is 0. The summed E-state index contributed by atoms with van der Waals surface area (Å²) in [4.78, 5) is 24.7. The van der Waals surface area contributed by atoms with E-state index >= 15 is 0 Å². The van der Waals surface area contributed by atoms with Crippen LogP contribution < -0.4 is 9.47 Å². The summed E-state index contributed by atoms with van der Waals surface area (Å²) >= 11 is 0. The van der Waals surface area contributed by atoms with E-state index in [1.807, 2.05) is 48.5 Å². The minimum Gasteiger partial charge on any atom is -0.427 e. The lowest BCUT2D eigenvalue weighted by molar-refractivity contribution is -0.135. The number of unbranched alkanes of at least 4 members (excludes halogenated alkanes) is 6. The van der Waals surface area contributed by atoms with Gasteiger partial charge in [0.25, 0.3) is 0 Å². The van der Waals surface area contributed by atoms with Crippen molar-refractivity contribution in [3.8, 4) is 45.9 Å². The maximum Gasteiger partial charge on any atom is 0.311 e. The predicted molar refractivity (Wildman–Crippen MR) is 183 cm³/mol. The van der Waals surface area contributed by atoms with Gasteiger partial charge in [-0.25, -0.2) is 4.39 Å². The first-order chi connectivity index (χ1) is 23.4. The molecule has 0 aliphatic heterocycles. The average Bonchev–Trinajstić information content (AvgIpc) is 3.11. The summed E-state index contributed by atoms with van der Waals surface area (Å²) in [5.41, 5.74) is 4.23. The van der Waals surface area contributed by atoms with Gasteiger partial charge in [-0.05, 0) is 94.9 Å². The van der Waals surface area contributed by atoms with E-state index in [1.165, 1.54) is 6.07 Å². The number of fused-ring (bicyclic) bond motifs is 1. The number of esters is 2. The number of rotatable bonds is 14. The van der Waals surface area contributed by atoms with Crippen LogP contribution in [0.1, 0.15) is 68.9 Å². The first kappa shape index (κ1) is 33.6. The number of benzene rings is 5. The van der Waals surface area contributed by atoms with Crippen LogP contribution in [0, 0.1) is 28.5 Å². The van der Waals surface area contributed by atoms with Gasteiger partial charge in [0.05, 0.1) is 23.3 Å². The first-order valence-electron chi connectivity index (χ1n) is 16.2. The molecule has 0 atom stereocenters. The number of hydrogen-bond acceptors (Lipinski definition) is 6.